The van der Waals surface area contributed by atoms with Crippen molar-refractivity contribution in [2.24, 2.45) is 0 Å². The molecule has 0 bridgehead atoms. The van der Waals surface area contributed by atoms with Crippen molar-refractivity contribution in [1.29, 1.82) is 0 Å². The molecule has 5 rings (SSSR count). The molecular formula is C27H26Cl2HfSi. The monoisotopic (exact) mass is 628 g/mol. The second-order valence-corrected chi connectivity index (χ2v) is 8.02. The first-order chi connectivity index (χ1) is 13.7. The fraction of sp³-hybridized carbons (Fsp3) is 0.111. The Hall–Kier alpha value is -1.45. The van der Waals surface area contributed by atoms with E-state index in [0.29, 0.717) is 0 Å². The third kappa shape index (κ3) is 9.29. The van der Waals surface area contributed by atoms with Crippen LogP contribution < -0.4 is 30.0 Å². The summed E-state index contributed by atoms with van der Waals surface area (Å²) in [6, 6.07) is 36.2. The van der Waals surface area contributed by atoms with E-state index in [-0.39, 0.29) is 50.7 Å². The summed E-state index contributed by atoms with van der Waals surface area (Å²) in [4.78, 5) is 0. The standard InChI is InChI=1S/2C10H9.C7H8Si.2ClH.Hf/c2*1-8-6-9-4-2-3-5-10(9)7-8;1-8-7-5-3-2-4-6-7;;;/h2*2-7H,1H3;2-6H,1H3;2*1H;/q2*-1;;;;+4/p-2. The minimum absolute atomic E-state index is 0. The van der Waals surface area contributed by atoms with Gasteiger partial charge in [-0.15, -0.1) is 81.2 Å². The molecular weight excluding hydrogens is 602 g/mol. The van der Waals surface area contributed by atoms with Gasteiger partial charge in [-0.1, -0.05) is 68.0 Å². The third-order valence-corrected chi connectivity index (χ3v) is 5.50. The number of rotatable bonds is 1. The number of aryl methyl sites for hydroxylation is 2. The molecule has 0 heterocycles. The average molecular weight is 628 g/mol. The predicted molar refractivity (Wildman–Crippen MR) is 126 cm³/mol. The van der Waals surface area contributed by atoms with Crippen LogP contribution in [-0.2, 0) is 25.8 Å². The van der Waals surface area contributed by atoms with Gasteiger partial charge in [0.25, 0.3) is 0 Å². The third-order valence-electron chi connectivity index (χ3n) is 4.59. The second kappa shape index (κ2) is 15.4. The van der Waals surface area contributed by atoms with Crippen molar-refractivity contribution in [2.45, 2.75) is 20.4 Å². The van der Waals surface area contributed by atoms with Crippen molar-refractivity contribution < 1.29 is 50.7 Å². The Labute approximate surface area is 220 Å². The Kier molecular flexibility index (Phi) is 14.6. The zero-order valence-electron chi connectivity index (χ0n) is 18.1. The van der Waals surface area contributed by atoms with Crippen LogP contribution >= 0.6 is 0 Å². The van der Waals surface area contributed by atoms with Gasteiger partial charge in [0.15, 0.2) is 0 Å². The molecule has 31 heavy (non-hydrogen) atoms. The summed E-state index contributed by atoms with van der Waals surface area (Å²) in [6.07, 6.45) is 0. The van der Waals surface area contributed by atoms with Crippen LogP contribution in [0.25, 0.3) is 21.5 Å². The van der Waals surface area contributed by atoms with Crippen LogP contribution in [0.15, 0.2) is 103 Å². The normalized spacial score (nSPS) is 9.13. The molecule has 0 aliphatic rings. The molecule has 4 heteroatoms. The second-order valence-electron chi connectivity index (χ2n) is 6.94. The molecule has 0 spiro atoms. The molecule has 0 saturated carbocycles. The van der Waals surface area contributed by atoms with Crippen LogP contribution in [0.2, 0.25) is 6.55 Å². The predicted octanol–water partition coefficient (Wildman–Crippen LogP) is 0.804. The molecule has 0 aliphatic carbocycles. The summed E-state index contributed by atoms with van der Waals surface area (Å²) >= 11 is 0. The molecule has 0 aromatic heterocycles. The van der Waals surface area contributed by atoms with E-state index in [4.69, 9.17) is 0 Å². The minimum Gasteiger partial charge on any atom is -1.00 e. The van der Waals surface area contributed by atoms with Crippen molar-refractivity contribution in [3.8, 4) is 0 Å². The van der Waals surface area contributed by atoms with Crippen LogP contribution in [0.5, 0.6) is 0 Å². The molecule has 0 unspecified atom stereocenters. The van der Waals surface area contributed by atoms with Gasteiger partial charge < -0.3 is 24.8 Å². The Balaban J connectivity index is 0.000000419. The van der Waals surface area contributed by atoms with E-state index >= 15 is 0 Å². The molecule has 156 valence electrons. The maximum Gasteiger partial charge on any atom is 4.00 e. The first-order valence-electron chi connectivity index (χ1n) is 9.62. The average Bonchev–Trinajstić information content (AvgIpc) is 3.29. The fourth-order valence-electron chi connectivity index (χ4n) is 3.22. The molecule has 0 N–H and O–H groups in total. The van der Waals surface area contributed by atoms with E-state index < -0.39 is 0 Å². The maximum absolute atomic E-state index is 2.20. The summed E-state index contributed by atoms with van der Waals surface area (Å²) in [6.45, 7) is 6.44. The molecule has 0 atom stereocenters. The summed E-state index contributed by atoms with van der Waals surface area (Å²) in [5, 5.41) is 6.83. The minimum atomic E-state index is 0. The van der Waals surface area contributed by atoms with Gasteiger partial charge in [0.1, 0.15) is 0 Å². The van der Waals surface area contributed by atoms with Gasteiger partial charge in [-0.2, -0.15) is 12.1 Å². The molecule has 0 amide bonds. The fourth-order valence-corrected chi connectivity index (χ4v) is 3.74. The Morgan fingerprint density at radius 3 is 1.32 bits per heavy atom. The van der Waals surface area contributed by atoms with Gasteiger partial charge in [0.2, 0.25) is 0 Å². The van der Waals surface area contributed by atoms with E-state index in [0.717, 1.165) is 9.52 Å². The van der Waals surface area contributed by atoms with Crippen LogP contribution in [-0.4, -0.2) is 9.52 Å². The van der Waals surface area contributed by atoms with Gasteiger partial charge in [-0.3, -0.25) is 0 Å². The van der Waals surface area contributed by atoms with E-state index in [9.17, 15) is 0 Å². The summed E-state index contributed by atoms with van der Waals surface area (Å²) in [7, 11) is 0.930. The maximum atomic E-state index is 2.20. The SMILES string of the molecule is C[Si]c1ccccc1.Cc1cc2ccccc2[cH-]1.Cc1cc2ccccc2[cH-]1.[Cl-].[Cl-].[Hf+4]. The van der Waals surface area contributed by atoms with Gasteiger partial charge >= 0.3 is 25.8 Å². The zero-order valence-corrected chi connectivity index (χ0v) is 24.2. The van der Waals surface area contributed by atoms with Crippen LogP contribution in [0.3, 0.4) is 0 Å². The first kappa shape index (κ1) is 29.5. The smallest absolute Gasteiger partial charge is 1.00 e. The van der Waals surface area contributed by atoms with Crippen LogP contribution in [0, 0.1) is 13.8 Å². The Morgan fingerprint density at radius 1 is 0.581 bits per heavy atom. The van der Waals surface area contributed by atoms with Gasteiger partial charge in [0.05, 0.1) is 9.52 Å². The van der Waals surface area contributed by atoms with E-state index in [1.165, 1.54) is 37.9 Å². The van der Waals surface area contributed by atoms with Gasteiger partial charge in [-0.25, -0.2) is 0 Å². The molecule has 5 aromatic carbocycles. The number of benzene rings is 3. The van der Waals surface area contributed by atoms with E-state index in [1.807, 2.05) is 6.07 Å². The number of hydrogen-bond acceptors (Lipinski definition) is 0. The van der Waals surface area contributed by atoms with Crippen molar-refractivity contribution >= 4 is 36.3 Å². The van der Waals surface area contributed by atoms with E-state index in [2.05, 4.69) is 117 Å². The quantitative estimate of drug-likeness (QED) is 0.191. The number of hydrogen-bond donors (Lipinski definition) is 0. The topological polar surface area (TPSA) is 0 Å². The summed E-state index contributed by atoms with van der Waals surface area (Å²) < 4.78 is 0. The largest absolute Gasteiger partial charge is 4.00 e. The van der Waals surface area contributed by atoms with Gasteiger partial charge in [0, 0.05) is 0 Å². The van der Waals surface area contributed by atoms with Crippen molar-refractivity contribution in [2.75, 3.05) is 0 Å². The number of halogens is 2. The Bertz CT molecular complexity index is 992. The molecule has 5 aromatic rings. The van der Waals surface area contributed by atoms with Crippen LogP contribution in [0.4, 0.5) is 0 Å². The first-order valence-corrected chi connectivity index (χ1v) is 11.1. The summed E-state index contributed by atoms with van der Waals surface area (Å²) in [5.74, 6) is 0. The van der Waals surface area contributed by atoms with Crippen molar-refractivity contribution in [3.05, 3.63) is 114 Å². The number of fused-ring (bicyclic) bond motifs is 2. The van der Waals surface area contributed by atoms with Crippen molar-refractivity contribution in [3.63, 3.8) is 0 Å². The molecule has 0 nitrogen and oxygen atoms in total. The van der Waals surface area contributed by atoms with Gasteiger partial charge in [-0.05, 0) is 0 Å². The molecule has 0 saturated heterocycles. The Morgan fingerprint density at radius 2 is 0.968 bits per heavy atom. The van der Waals surface area contributed by atoms with Crippen molar-refractivity contribution in [1.82, 2.24) is 0 Å². The summed E-state index contributed by atoms with van der Waals surface area (Å²) in [5.41, 5.74) is 2.70. The zero-order chi connectivity index (χ0) is 19.8. The van der Waals surface area contributed by atoms with E-state index in [1.54, 1.807) is 0 Å². The molecule has 0 fully saturated rings. The molecule has 2 radical (unpaired) electrons. The van der Waals surface area contributed by atoms with Crippen LogP contribution in [0.1, 0.15) is 11.1 Å². The molecule has 0 aliphatic heterocycles.